The summed E-state index contributed by atoms with van der Waals surface area (Å²) in [6, 6.07) is 0. The molecular weight excluding hydrogens is 132 g/mol. The second-order valence-electron chi connectivity index (χ2n) is 1.56. The lowest BCUT2D eigenvalue weighted by atomic mass is 10.5. The van der Waals surface area contributed by atoms with Crippen LogP contribution in [0.2, 0.25) is 0 Å². The van der Waals surface area contributed by atoms with E-state index in [4.69, 9.17) is 5.11 Å². The molecule has 1 nitrogen and oxygen atoms in total. The summed E-state index contributed by atoms with van der Waals surface area (Å²) in [5.41, 5.74) is 0. The fraction of sp³-hybridized carbons (Fsp3) is 0.714. The minimum Gasteiger partial charge on any atom is -0.396 e. The van der Waals surface area contributed by atoms with E-state index in [1.54, 1.807) is 11.8 Å². The average molecular weight is 144 g/mol. The lowest BCUT2D eigenvalue weighted by Crippen LogP contribution is -1.85. The molecule has 9 heavy (non-hydrogen) atoms. The molecule has 0 aromatic carbocycles. The molecule has 0 saturated carbocycles. The molecule has 0 aliphatic rings. The Labute approximate surface area is 60.8 Å². The maximum absolute atomic E-state index is 8.37. The summed E-state index contributed by atoms with van der Waals surface area (Å²) in [6.45, 7) is 2.14. The van der Waals surface area contributed by atoms with Crippen molar-refractivity contribution in [3.05, 3.63) is 0 Å². The second kappa shape index (κ2) is 7.87. The number of aliphatic hydroxyl groups excluding tert-OH is 1. The van der Waals surface area contributed by atoms with Crippen LogP contribution in [0.3, 0.4) is 0 Å². The fourth-order valence-corrected chi connectivity index (χ4v) is 1.09. The summed E-state index contributed by atoms with van der Waals surface area (Å²) >= 11 is 1.77. The Kier molecular flexibility index (Phi) is 7.76. The first-order valence-electron chi connectivity index (χ1n) is 3.00. The summed E-state index contributed by atoms with van der Waals surface area (Å²) in [5, 5.41) is 8.37. The van der Waals surface area contributed by atoms with Crippen LogP contribution in [0, 0.1) is 11.8 Å². The second-order valence-corrected chi connectivity index (χ2v) is 2.66. The van der Waals surface area contributed by atoms with Crippen LogP contribution in [0.5, 0.6) is 0 Å². The number of thioether (sulfide) groups is 1. The van der Waals surface area contributed by atoms with E-state index >= 15 is 0 Å². The van der Waals surface area contributed by atoms with Gasteiger partial charge in [0.1, 0.15) is 0 Å². The summed E-state index contributed by atoms with van der Waals surface area (Å²) in [5.74, 6) is 7.67. The molecule has 0 saturated heterocycles. The molecule has 0 aliphatic carbocycles. The van der Waals surface area contributed by atoms with Gasteiger partial charge in [-0.2, -0.15) is 0 Å². The molecule has 0 bridgehead atoms. The summed E-state index contributed by atoms with van der Waals surface area (Å²) in [4.78, 5) is 0. The van der Waals surface area contributed by atoms with Gasteiger partial charge in [0.15, 0.2) is 0 Å². The molecule has 0 heterocycles. The van der Waals surface area contributed by atoms with Crippen molar-refractivity contribution in [2.75, 3.05) is 18.1 Å². The van der Waals surface area contributed by atoms with Crippen molar-refractivity contribution in [2.45, 2.75) is 13.3 Å². The molecule has 1 N–H and O–H groups in total. The van der Waals surface area contributed by atoms with Crippen molar-refractivity contribution < 1.29 is 5.11 Å². The third kappa shape index (κ3) is 7.87. The highest BCUT2D eigenvalue weighted by Crippen LogP contribution is 1.99. The Bertz CT molecular complexity index is 101. The zero-order chi connectivity index (χ0) is 6.95. The fourth-order valence-electron chi connectivity index (χ4n) is 0.362. The number of rotatable bonds is 4. The summed E-state index contributed by atoms with van der Waals surface area (Å²) < 4.78 is 0. The molecule has 0 aromatic heterocycles. The molecule has 0 amide bonds. The van der Waals surface area contributed by atoms with Crippen molar-refractivity contribution >= 4 is 11.8 Å². The molecule has 0 fully saturated rings. The zero-order valence-electron chi connectivity index (χ0n) is 5.68. The van der Waals surface area contributed by atoms with Gasteiger partial charge in [-0.05, 0) is 19.1 Å². The smallest absolute Gasteiger partial charge is 0.0547 e. The first-order chi connectivity index (χ1) is 4.41. The molecule has 0 radical (unpaired) electrons. The Morgan fingerprint density at radius 3 is 2.89 bits per heavy atom. The Balaban J connectivity index is 2.80. The monoisotopic (exact) mass is 144 g/mol. The van der Waals surface area contributed by atoms with Crippen LogP contribution in [-0.2, 0) is 0 Å². The Morgan fingerprint density at radius 1 is 1.56 bits per heavy atom. The minimum atomic E-state index is 0.298. The van der Waals surface area contributed by atoms with Crippen molar-refractivity contribution in [3.63, 3.8) is 0 Å². The largest absolute Gasteiger partial charge is 0.396 e. The van der Waals surface area contributed by atoms with E-state index < -0.39 is 0 Å². The van der Waals surface area contributed by atoms with Crippen LogP contribution in [0.4, 0.5) is 0 Å². The SMILES string of the molecule is CC#CCSCCCO. The van der Waals surface area contributed by atoms with Gasteiger partial charge in [-0.3, -0.25) is 0 Å². The van der Waals surface area contributed by atoms with Crippen LogP contribution in [0.15, 0.2) is 0 Å². The van der Waals surface area contributed by atoms with Crippen molar-refractivity contribution in [1.29, 1.82) is 0 Å². The topological polar surface area (TPSA) is 20.2 Å². The minimum absolute atomic E-state index is 0.298. The Hall–Kier alpha value is -0.130. The van der Waals surface area contributed by atoms with Crippen LogP contribution in [-0.4, -0.2) is 23.2 Å². The molecule has 0 spiro atoms. The predicted octanol–water partition coefficient (Wildman–Crippen LogP) is 1.13. The Morgan fingerprint density at radius 2 is 2.33 bits per heavy atom. The van der Waals surface area contributed by atoms with Crippen LogP contribution < -0.4 is 0 Å². The summed E-state index contributed by atoms with van der Waals surface area (Å²) in [7, 11) is 0. The van der Waals surface area contributed by atoms with Crippen molar-refractivity contribution in [3.8, 4) is 11.8 Å². The molecule has 0 atom stereocenters. The molecule has 52 valence electrons. The highest BCUT2D eigenvalue weighted by Gasteiger charge is 1.82. The van der Waals surface area contributed by atoms with E-state index in [0.29, 0.717) is 6.61 Å². The number of aliphatic hydroxyl groups is 1. The van der Waals surface area contributed by atoms with Crippen molar-refractivity contribution in [2.24, 2.45) is 0 Å². The van der Waals surface area contributed by atoms with Gasteiger partial charge in [-0.25, -0.2) is 0 Å². The first-order valence-corrected chi connectivity index (χ1v) is 4.15. The van der Waals surface area contributed by atoms with Crippen LogP contribution in [0.1, 0.15) is 13.3 Å². The van der Waals surface area contributed by atoms with Gasteiger partial charge in [-0.15, -0.1) is 17.7 Å². The lowest BCUT2D eigenvalue weighted by Gasteiger charge is -1.91. The van der Waals surface area contributed by atoms with E-state index in [1.807, 2.05) is 6.92 Å². The van der Waals surface area contributed by atoms with Gasteiger partial charge in [-0.1, -0.05) is 5.92 Å². The quantitative estimate of drug-likeness (QED) is 0.471. The number of hydrogen-bond donors (Lipinski definition) is 1. The maximum atomic E-state index is 8.37. The normalized spacial score (nSPS) is 8.22. The predicted molar refractivity (Wildman–Crippen MR) is 42.5 cm³/mol. The van der Waals surface area contributed by atoms with E-state index in [2.05, 4.69) is 11.8 Å². The highest BCUT2D eigenvalue weighted by atomic mass is 32.2. The molecular formula is C7H12OS. The molecule has 0 rings (SSSR count). The van der Waals surface area contributed by atoms with E-state index in [9.17, 15) is 0 Å². The third-order valence-corrected chi connectivity index (χ3v) is 1.72. The maximum Gasteiger partial charge on any atom is 0.0547 e. The van der Waals surface area contributed by atoms with Gasteiger partial charge in [0, 0.05) is 6.61 Å². The van der Waals surface area contributed by atoms with E-state index in [-0.39, 0.29) is 0 Å². The molecule has 2 heteroatoms. The van der Waals surface area contributed by atoms with Gasteiger partial charge in [0.05, 0.1) is 5.75 Å². The third-order valence-electron chi connectivity index (χ3n) is 0.798. The molecule has 0 aliphatic heterocycles. The zero-order valence-corrected chi connectivity index (χ0v) is 6.50. The number of hydrogen-bond acceptors (Lipinski definition) is 2. The first kappa shape index (κ1) is 8.87. The van der Waals surface area contributed by atoms with Crippen LogP contribution in [0.25, 0.3) is 0 Å². The average Bonchev–Trinajstić information content (AvgIpc) is 1.89. The standard InChI is InChI=1S/C7H12OS/c1-2-3-6-9-7-4-5-8/h8H,4-7H2,1H3. The lowest BCUT2D eigenvalue weighted by molar-refractivity contribution is 0.296. The van der Waals surface area contributed by atoms with Crippen molar-refractivity contribution in [1.82, 2.24) is 0 Å². The van der Waals surface area contributed by atoms with Crippen LogP contribution >= 0.6 is 11.8 Å². The van der Waals surface area contributed by atoms with E-state index in [1.165, 1.54) is 0 Å². The van der Waals surface area contributed by atoms with Gasteiger partial charge < -0.3 is 5.11 Å². The molecule has 0 aromatic rings. The van der Waals surface area contributed by atoms with E-state index in [0.717, 1.165) is 17.9 Å². The molecule has 0 unspecified atom stereocenters. The summed E-state index contributed by atoms with van der Waals surface area (Å²) in [6.07, 6.45) is 0.885. The highest BCUT2D eigenvalue weighted by molar-refractivity contribution is 7.99. The van der Waals surface area contributed by atoms with Gasteiger partial charge >= 0.3 is 0 Å². The van der Waals surface area contributed by atoms with Gasteiger partial charge in [0.2, 0.25) is 0 Å². The van der Waals surface area contributed by atoms with Gasteiger partial charge in [0.25, 0.3) is 0 Å².